The number of phenols is 1. The fourth-order valence-corrected chi connectivity index (χ4v) is 4.34. The van der Waals surface area contributed by atoms with E-state index >= 15 is 0 Å². The highest BCUT2D eigenvalue weighted by molar-refractivity contribution is 7.17. The predicted octanol–water partition coefficient (Wildman–Crippen LogP) is 4.75. The molecule has 1 heterocycles. The minimum absolute atomic E-state index is 0.00643. The number of carbonyl (C=O) groups excluding carboxylic acids is 1. The Balaban J connectivity index is 1.69. The Kier molecular flexibility index (Phi) is 4.88. The van der Waals surface area contributed by atoms with Crippen LogP contribution in [0, 0.1) is 0 Å². The molecule has 0 fully saturated rings. The van der Waals surface area contributed by atoms with Gasteiger partial charge < -0.3 is 14.6 Å². The van der Waals surface area contributed by atoms with Crippen LogP contribution in [0.15, 0.2) is 48.0 Å². The molecule has 0 saturated heterocycles. The van der Waals surface area contributed by atoms with Crippen LogP contribution in [0.2, 0.25) is 0 Å². The first-order valence-electron chi connectivity index (χ1n) is 8.86. The van der Waals surface area contributed by atoms with Gasteiger partial charge in [-0.3, -0.25) is 4.79 Å². The van der Waals surface area contributed by atoms with E-state index in [1.165, 1.54) is 25.6 Å². The fraction of sp³-hybridized carbons (Fsp3) is 0.182. The summed E-state index contributed by atoms with van der Waals surface area (Å²) in [5.74, 6) is 0.560. The molecule has 28 heavy (non-hydrogen) atoms. The molecule has 0 radical (unpaired) electrons. The molecule has 3 aromatic rings. The van der Waals surface area contributed by atoms with Gasteiger partial charge in [0.25, 0.3) is 0 Å². The van der Waals surface area contributed by atoms with Crippen LogP contribution in [0.25, 0.3) is 16.6 Å². The molecule has 4 rings (SSSR count). The maximum absolute atomic E-state index is 13.0. The first-order valence-corrected chi connectivity index (χ1v) is 9.67. The summed E-state index contributed by atoms with van der Waals surface area (Å²) in [6, 6.07) is 13.3. The molecule has 1 aromatic heterocycles. The molecule has 5 nitrogen and oxygen atoms in total. The van der Waals surface area contributed by atoms with Crippen LogP contribution in [0.5, 0.6) is 17.2 Å². The highest BCUT2D eigenvalue weighted by atomic mass is 32.1. The number of thiazole rings is 1. The van der Waals surface area contributed by atoms with Gasteiger partial charge in [0.1, 0.15) is 5.01 Å². The number of benzene rings is 2. The number of phenolic OH excluding ortho intramolecular Hbond substituents is 1. The van der Waals surface area contributed by atoms with E-state index in [2.05, 4.69) is 4.98 Å². The van der Waals surface area contributed by atoms with E-state index in [4.69, 9.17) is 9.47 Å². The van der Waals surface area contributed by atoms with Gasteiger partial charge in [-0.05, 0) is 36.6 Å². The van der Waals surface area contributed by atoms with Crippen LogP contribution in [0.3, 0.4) is 0 Å². The number of hydrogen-bond acceptors (Lipinski definition) is 6. The first kappa shape index (κ1) is 18.3. The van der Waals surface area contributed by atoms with Crippen LogP contribution in [-0.4, -0.2) is 30.1 Å². The summed E-state index contributed by atoms with van der Waals surface area (Å²) in [5.41, 5.74) is 3.34. The van der Waals surface area contributed by atoms with Crippen molar-refractivity contribution in [1.29, 1.82) is 0 Å². The average molecular weight is 393 g/mol. The normalized spacial score (nSPS) is 14.8. The number of methoxy groups -OCH3 is 2. The topological polar surface area (TPSA) is 68.7 Å². The third-order valence-corrected chi connectivity index (χ3v) is 5.84. The highest BCUT2D eigenvalue weighted by Gasteiger charge is 2.26. The van der Waals surface area contributed by atoms with E-state index < -0.39 is 0 Å². The molecule has 0 spiro atoms. The van der Waals surface area contributed by atoms with Crippen molar-refractivity contribution >= 4 is 23.2 Å². The van der Waals surface area contributed by atoms with E-state index in [9.17, 15) is 9.90 Å². The van der Waals surface area contributed by atoms with Crippen LogP contribution in [0.1, 0.15) is 27.3 Å². The average Bonchev–Trinajstić information content (AvgIpc) is 3.17. The number of nitrogens with zero attached hydrogens (tertiary/aromatic N) is 1. The molecule has 0 bridgehead atoms. The summed E-state index contributed by atoms with van der Waals surface area (Å²) in [6.45, 7) is 0. The molecule has 1 aliphatic rings. The van der Waals surface area contributed by atoms with E-state index in [0.29, 0.717) is 28.4 Å². The fourth-order valence-electron chi connectivity index (χ4n) is 3.25. The Morgan fingerprint density at radius 2 is 1.75 bits per heavy atom. The lowest BCUT2D eigenvalue weighted by molar-refractivity contribution is 0.103. The van der Waals surface area contributed by atoms with Crippen molar-refractivity contribution < 1.29 is 19.4 Å². The second kappa shape index (κ2) is 7.48. The summed E-state index contributed by atoms with van der Waals surface area (Å²) in [5, 5.41) is 10.9. The van der Waals surface area contributed by atoms with E-state index in [1.807, 2.05) is 36.4 Å². The molecule has 0 amide bonds. The molecule has 0 aliphatic heterocycles. The number of ether oxygens (including phenoxy) is 2. The zero-order valence-corrected chi connectivity index (χ0v) is 16.4. The largest absolute Gasteiger partial charge is 0.502 e. The number of aromatic hydroxyl groups is 1. The molecule has 0 atom stereocenters. The van der Waals surface area contributed by atoms with Gasteiger partial charge in [0.15, 0.2) is 11.5 Å². The standard InChI is InChI=1S/C22H19NO4S/c1-26-17-11-13(12-18(27-2)20(17)25)10-15-8-9-16-21(19(15)24)28-22(23-16)14-6-4-3-5-7-14/h3-7,10-12,25H,8-9H2,1-2H3/b15-10+. The number of ketones is 1. The molecule has 142 valence electrons. The zero-order chi connectivity index (χ0) is 19.7. The van der Waals surface area contributed by atoms with Crippen molar-refractivity contribution in [1.82, 2.24) is 4.98 Å². The van der Waals surface area contributed by atoms with Gasteiger partial charge in [0.2, 0.25) is 11.5 Å². The van der Waals surface area contributed by atoms with Crippen molar-refractivity contribution in [3.05, 3.63) is 64.2 Å². The summed E-state index contributed by atoms with van der Waals surface area (Å²) in [7, 11) is 2.96. The molecule has 1 aliphatic carbocycles. The molecule has 0 unspecified atom stereocenters. The van der Waals surface area contributed by atoms with Gasteiger partial charge in [-0.1, -0.05) is 30.3 Å². The van der Waals surface area contributed by atoms with Gasteiger partial charge >= 0.3 is 0 Å². The molecule has 2 aromatic carbocycles. The van der Waals surface area contributed by atoms with Crippen molar-refractivity contribution in [3.63, 3.8) is 0 Å². The molecular formula is C22H19NO4S. The van der Waals surface area contributed by atoms with Crippen molar-refractivity contribution in [2.45, 2.75) is 12.8 Å². The number of Topliss-reactive ketones (excluding diaryl/α,β-unsaturated/α-hetero) is 1. The Labute approximate surface area is 166 Å². The molecule has 0 saturated carbocycles. The van der Waals surface area contributed by atoms with Gasteiger partial charge in [0.05, 0.1) is 24.8 Å². The van der Waals surface area contributed by atoms with Gasteiger partial charge in [0, 0.05) is 11.1 Å². The van der Waals surface area contributed by atoms with Crippen LogP contribution < -0.4 is 9.47 Å². The van der Waals surface area contributed by atoms with Crippen molar-refractivity contribution in [2.75, 3.05) is 14.2 Å². The zero-order valence-electron chi connectivity index (χ0n) is 15.6. The van der Waals surface area contributed by atoms with Crippen LogP contribution in [-0.2, 0) is 6.42 Å². The third kappa shape index (κ3) is 3.27. The number of fused-ring (bicyclic) bond motifs is 1. The third-order valence-electron chi connectivity index (χ3n) is 4.69. The molecule has 1 N–H and O–H groups in total. The number of rotatable bonds is 4. The quantitative estimate of drug-likeness (QED) is 0.648. The molecule has 6 heteroatoms. The number of hydrogen-bond donors (Lipinski definition) is 1. The number of carbonyl (C=O) groups is 1. The van der Waals surface area contributed by atoms with E-state index in [0.717, 1.165) is 28.2 Å². The summed E-state index contributed by atoms with van der Waals surface area (Å²) >= 11 is 1.44. The minimum atomic E-state index is -0.0561. The van der Waals surface area contributed by atoms with E-state index in [1.54, 1.807) is 12.1 Å². The monoisotopic (exact) mass is 393 g/mol. The van der Waals surface area contributed by atoms with Crippen molar-refractivity contribution in [2.24, 2.45) is 0 Å². The number of allylic oxidation sites excluding steroid dienone is 1. The second-order valence-corrected chi connectivity index (χ2v) is 7.43. The summed E-state index contributed by atoms with van der Waals surface area (Å²) in [6.07, 6.45) is 3.18. The minimum Gasteiger partial charge on any atom is -0.502 e. The van der Waals surface area contributed by atoms with E-state index in [-0.39, 0.29) is 11.5 Å². The second-order valence-electron chi connectivity index (χ2n) is 6.43. The van der Waals surface area contributed by atoms with Crippen LogP contribution >= 0.6 is 11.3 Å². The predicted molar refractivity (Wildman–Crippen MR) is 109 cm³/mol. The molecular weight excluding hydrogens is 374 g/mol. The Morgan fingerprint density at radius 3 is 2.39 bits per heavy atom. The Hall–Kier alpha value is -3.12. The maximum atomic E-state index is 13.0. The van der Waals surface area contributed by atoms with Crippen LogP contribution in [0.4, 0.5) is 0 Å². The SMILES string of the molecule is COc1cc(/C=C2\CCc3nc(-c4ccccc4)sc3C2=O)cc(OC)c1O. The van der Waals surface area contributed by atoms with Gasteiger partial charge in [-0.25, -0.2) is 4.98 Å². The maximum Gasteiger partial charge on any atom is 0.200 e. The Morgan fingerprint density at radius 1 is 1.07 bits per heavy atom. The first-order chi connectivity index (χ1) is 13.6. The highest BCUT2D eigenvalue weighted by Crippen LogP contribution is 2.39. The number of aromatic nitrogens is 1. The smallest absolute Gasteiger partial charge is 0.200 e. The summed E-state index contributed by atoms with van der Waals surface area (Å²) < 4.78 is 10.4. The lowest BCUT2D eigenvalue weighted by atomic mass is 9.94. The lowest BCUT2D eigenvalue weighted by Crippen LogP contribution is -2.12. The Bertz CT molecular complexity index is 1040. The van der Waals surface area contributed by atoms with Gasteiger partial charge in [-0.15, -0.1) is 11.3 Å². The van der Waals surface area contributed by atoms with Gasteiger partial charge in [-0.2, -0.15) is 0 Å². The number of aryl methyl sites for hydroxylation is 1. The summed E-state index contributed by atoms with van der Waals surface area (Å²) in [4.78, 5) is 18.4. The van der Waals surface area contributed by atoms with Crippen molar-refractivity contribution in [3.8, 4) is 27.8 Å². The lowest BCUT2D eigenvalue weighted by Gasteiger charge is -2.13.